The average Bonchev–Trinajstić information content (AvgIpc) is 2.87. The van der Waals surface area contributed by atoms with Crippen LogP contribution in [-0.2, 0) is 39.9 Å². The quantitative estimate of drug-likeness (QED) is 0.0986. The van der Waals surface area contributed by atoms with Gasteiger partial charge in [-0.25, -0.2) is 9.52 Å². The lowest BCUT2D eigenvalue weighted by molar-refractivity contribution is -0.130. The first-order chi connectivity index (χ1) is 17.7. The number of nitrogens with one attached hydrogen (secondary N) is 5. The number of ether oxygens (including phenoxy) is 4. The third-order valence-electron chi connectivity index (χ3n) is 4.17. The summed E-state index contributed by atoms with van der Waals surface area (Å²) >= 11 is 0.964. The zero-order valence-electron chi connectivity index (χ0n) is 20.5. The molecule has 1 aromatic carbocycles. The van der Waals surface area contributed by atoms with Crippen molar-refractivity contribution in [3.8, 4) is 0 Å². The molecule has 16 heteroatoms. The molecule has 0 aliphatic carbocycles. The van der Waals surface area contributed by atoms with Gasteiger partial charge in [-0.05, 0) is 24.6 Å². The van der Waals surface area contributed by atoms with Crippen molar-refractivity contribution in [1.29, 1.82) is 0 Å². The van der Waals surface area contributed by atoms with Gasteiger partial charge in [0.05, 0.1) is 33.5 Å². The molecule has 37 heavy (non-hydrogen) atoms. The van der Waals surface area contributed by atoms with Gasteiger partial charge in [0.25, 0.3) is 0 Å². The lowest BCUT2D eigenvalue weighted by Crippen LogP contribution is -2.46. The van der Waals surface area contributed by atoms with Crippen LogP contribution in [0.3, 0.4) is 0 Å². The Kier molecular flexibility index (Phi) is 16.2. The molecule has 1 aromatic rings. The third kappa shape index (κ3) is 16.1. The van der Waals surface area contributed by atoms with Crippen LogP contribution in [0, 0.1) is 0 Å². The minimum Gasteiger partial charge on any atom is -0.470 e. The second-order valence-corrected chi connectivity index (χ2v) is 7.81. The van der Waals surface area contributed by atoms with Gasteiger partial charge in [0.2, 0.25) is 31.4 Å². The maximum Gasteiger partial charge on any atom is 0.417 e. The van der Waals surface area contributed by atoms with Crippen LogP contribution in [0.2, 0.25) is 0 Å². The standard InChI is InChI=1S/C21H30BN5O9S/c1-14(19(30)26-16-5-3-15(4-6-16)12-36-20(22)31)25-17(28)11-23-18(29)13-35-10-9-34-8-7-24-37-27-21(32)33-2/h3-6,14,24H,7-13H2,1-2H3,(H,23,29)(H,25,28)(H,26,30)(H,27,32). The summed E-state index contributed by atoms with van der Waals surface area (Å²) in [5, 5.41) is 7.51. The number of amides is 4. The molecule has 1 atom stereocenters. The molecule has 0 fully saturated rings. The number of anilines is 1. The van der Waals surface area contributed by atoms with Crippen LogP contribution >= 0.6 is 12.1 Å². The molecule has 202 valence electrons. The molecule has 0 aliphatic rings. The lowest BCUT2D eigenvalue weighted by Gasteiger charge is -2.15. The van der Waals surface area contributed by atoms with Crippen molar-refractivity contribution in [2.75, 3.05) is 51.9 Å². The zero-order chi connectivity index (χ0) is 27.5. The zero-order valence-corrected chi connectivity index (χ0v) is 21.3. The summed E-state index contributed by atoms with van der Waals surface area (Å²) in [4.78, 5) is 57.5. The number of carbonyl (C=O) groups excluding carboxylic acids is 5. The summed E-state index contributed by atoms with van der Waals surface area (Å²) in [7, 11) is 6.17. The van der Waals surface area contributed by atoms with E-state index in [0.29, 0.717) is 24.4 Å². The fourth-order valence-corrected chi connectivity index (χ4v) is 2.77. The Bertz CT molecular complexity index is 892. The fourth-order valence-electron chi connectivity index (χ4n) is 2.35. The van der Waals surface area contributed by atoms with Gasteiger partial charge in [-0.3, -0.25) is 23.9 Å². The maximum absolute atomic E-state index is 12.3. The van der Waals surface area contributed by atoms with Crippen molar-refractivity contribution in [2.45, 2.75) is 19.6 Å². The molecule has 4 amide bonds. The molecule has 0 saturated carbocycles. The van der Waals surface area contributed by atoms with E-state index in [1.54, 1.807) is 24.3 Å². The minimum atomic E-state index is -0.885. The number of carbonyl (C=O) groups is 5. The summed E-state index contributed by atoms with van der Waals surface area (Å²) in [6.45, 7) is 2.16. The van der Waals surface area contributed by atoms with Crippen molar-refractivity contribution >= 4 is 55.4 Å². The van der Waals surface area contributed by atoms with Gasteiger partial charge in [0.15, 0.2) is 0 Å². The van der Waals surface area contributed by atoms with Gasteiger partial charge < -0.3 is 34.9 Å². The molecule has 0 bridgehead atoms. The average molecular weight is 539 g/mol. The Hall–Kier alpha value is -3.34. The summed E-state index contributed by atoms with van der Waals surface area (Å²) < 4.78 is 24.7. The smallest absolute Gasteiger partial charge is 0.417 e. The molecule has 1 unspecified atom stereocenters. The maximum atomic E-state index is 12.3. The van der Waals surface area contributed by atoms with Crippen LogP contribution in [0.5, 0.6) is 0 Å². The largest absolute Gasteiger partial charge is 0.470 e. The van der Waals surface area contributed by atoms with E-state index < -0.39 is 35.7 Å². The Labute approximate surface area is 219 Å². The molecular formula is C21H30BN5O9S. The number of benzene rings is 1. The second kappa shape index (κ2) is 18.9. The summed E-state index contributed by atoms with van der Waals surface area (Å²) in [6, 6.07) is 5.65. The van der Waals surface area contributed by atoms with E-state index in [1.165, 1.54) is 14.0 Å². The number of hydrogen-bond acceptors (Lipinski definition) is 11. The minimum absolute atomic E-state index is 0.0105. The van der Waals surface area contributed by atoms with E-state index in [-0.39, 0.29) is 33.0 Å². The van der Waals surface area contributed by atoms with Crippen molar-refractivity contribution < 1.29 is 42.9 Å². The third-order valence-corrected chi connectivity index (χ3v) is 4.78. The second-order valence-electron chi connectivity index (χ2n) is 7.11. The topological polar surface area (TPSA) is 182 Å². The van der Waals surface area contributed by atoms with Gasteiger partial charge >= 0.3 is 6.09 Å². The highest BCUT2D eigenvalue weighted by molar-refractivity contribution is 7.96. The fraction of sp³-hybridized carbons (Fsp3) is 0.476. The molecule has 1 rings (SSSR count). The van der Waals surface area contributed by atoms with Gasteiger partial charge in [-0.2, -0.15) is 0 Å². The molecular weight excluding hydrogens is 509 g/mol. The molecule has 0 saturated heterocycles. The van der Waals surface area contributed by atoms with Crippen LogP contribution in [0.4, 0.5) is 15.3 Å². The van der Waals surface area contributed by atoms with E-state index in [0.717, 1.165) is 12.1 Å². The molecule has 5 N–H and O–H groups in total. The first-order valence-electron chi connectivity index (χ1n) is 11.0. The van der Waals surface area contributed by atoms with E-state index in [4.69, 9.17) is 17.3 Å². The van der Waals surface area contributed by atoms with Gasteiger partial charge in [-0.1, -0.05) is 12.1 Å². The van der Waals surface area contributed by atoms with E-state index in [1.807, 2.05) is 0 Å². The van der Waals surface area contributed by atoms with Crippen molar-refractivity contribution in [3.63, 3.8) is 0 Å². The highest BCUT2D eigenvalue weighted by Crippen LogP contribution is 2.11. The Balaban J connectivity index is 2.11. The SMILES string of the molecule is [B]C(=O)OCc1ccc(NC(=O)C(C)NC(=O)CNC(=O)COCCOCCNSNC(=O)OC)cc1. The lowest BCUT2D eigenvalue weighted by atomic mass is 10.1. The van der Waals surface area contributed by atoms with Crippen LogP contribution in [0.1, 0.15) is 12.5 Å². The first kappa shape index (κ1) is 31.7. The van der Waals surface area contributed by atoms with Crippen molar-refractivity contribution in [3.05, 3.63) is 29.8 Å². The molecule has 0 heterocycles. The van der Waals surface area contributed by atoms with Gasteiger partial charge in [0.1, 0.15) is 19.3 Å². The first-order valence-corrected chi connectivity index (χ1v) is 11.8. The van der Waals surface area contributed by atoms with Crippen molar-refractivity contribution in [2.24, 2.45) is 0 Å². The predicted octanol–water partition coefficient (Wildman–Crippen LogP) is -0.407. The highest BCUT2D eigenvalue weighted by Gasteiger charge is 2.16. The Morgan fingerprint density at radius 2 is 1.70 bits per heavy atom. The number of methoxy groups -OCH3 is 1. The van der Waals surface area contributed by atoms with Crippen LogP contribution in [-0.4, -0.2) is 90.2 Å². The summed E-state index contributed by atoms with van der Waals surface area (Å²) in [5.74, 6) is -2.40. The normalized spacial score (nSPS) is 11.1. The van der Waals surface area contributed by atoms with Crippen molar-refractivity contribution in [1.82, 2.24) is 20.1 Å². The highest BCUT2D eigenvalue weighted by atomic mass is 32.2. The number of rotatable bonds is 17. The summed E-state index contributed by atoms with van der Waals surface area (Å²) in [6.07, 6.45) is -0.572. The van der Waals surface area contributed by atoms with Gasteiger partial charge in [0, 0.05) is 24.4 Å². The van der Waals surface area contributed by atoms with Crippen LogP contribution in [0.15, 0.2) is 24.3 Å². The van der Waals surface area contributed by atoms with E-state index in [2.05, 4.69) is 34.9 Å². The molecule has 14 nitrogen and oxygen atoms in total. The number of hydrogen-bond donors (Lipinski definition) is 5. The summed E-state index contributed by atoms with van der Waals surface area (Å²) in [5.41, 5.74) is 1.16. The van der Waals surface area contributed by atoms with E-state index >= 15 is 0 Å². The van der Waals surface area contributed by atoms with Gasteiger partial charge in [-0.15, -0.1) is 0 Å². The molecule has 0 aliphatic heterocycles. The predicted molar refractivity (Wildman–Crippen MR) is 134 cm³/mol. The Morgan fingerprint density at radius 3 is 2.38 bits per heavy atom. The molecule has 0 spiro atoms. The van der Waals surface area contributed by atoms with Crippen LogP contribution in [0.25, 0.3) is 0 Å². The van der Waals surface area contributed by atoms with E-state index in [9.17, 15) is 24.0 Å². The van der Waals surface area contributed by atoms with Crippen LogP contribution < -0.4 is 25.4 Å². The molecule has 0 aromatic heterocycles. The monoisotopic (exact) mass is 539 g/mol. The molecule has 2 radical (unpaired) electrons. The Morgan fingerprint density at radius 1 is 1.00 bits per heavy atom.